The Kier molecular flexibility index (Phi) is 5.21. The van der Waals surface area contributed by atoms with E-state index in [9.17, 15) is 0 Å². The molecule has 3 nitrogen and oxygen atoms in total. The number of rotatable bonds is 4. The maximum absolute atomic E-state index is 7.50. The molecule has 2 rings (SSSR count). The van der Waals surface area contributed by atoms with Crippen LogP contribution < -0.4 is 11.1 Å². The van der Waals surface area contributed by atoms with Gasteiger partial charge in [-0.1, -0.05) is 42.5 Å². The Labute approximate surface area is 113 Å². The van der Waals surface area contributed by atoms with Crippen molar-refractivity contribution in [3.8, 4) is 0 Å². The van der Waals surface area contributed by atoms with Crippen LogP contribution in [0.25, 0.3) is 0 Å². The highest BCUT2D eigenvalue weighted by Crippen LogP contribution is 2.15. The smallest absolute Gasteiger partial charge is 0.124 e. The quantitative estimate of drug-likeness (QED) is 0.585. The summed E-state index contributed by atoms with van der Waals surface area (Å²) in [7, 11) is 0. The first-order chi connectivity index (χ1) is 8.27. The normalized spacial score (nSPS) is 9.33. The number of nitrogens with two attached hydrogens (primary N) is 1. The highest BCUT2D eigenvalue weighted by Gasteiger charge is 2.03. The minimum absolute atomic E-state index is 0. The first kappa shape index (κ1) is 14.1. The zero-order valence-electron chi connectivity index (χ0n) is 9.89. The summed E-state index contributed by atoms with van der Waals surface area (Å²) in [5.74, 6) is 0.0844. The number of nitrogens with one attached hydrogen (secondary N) is 2. The molecule has 0 aromatic heterocycles. The largest absolute Gasteiger partial charge is 0.384 e. The molecule has 0 bridgehead atoms. The number of para-hydroxylation sites is 1. The molecule has 0 radical (unpaired) electrons. The van der Waals surface area contributed by atoms with Gasteiger partial charge in [0.15, 0.2) is 0 Å². The van der Waals surface area contributed by atoms with Crippen molar-refractivity contribution in [2.75, 3.05) is 5.32 Å². The van der Waals surface area contributed by atoms with Crippen LogP contribution in [0, 0.1) is 5.41 Å². The fraction of sp³-hybridized carbons (Fsp3) is 0.0714. The van der Waals surface area contributed by atoms with Crippen LogP contribution in [0.4, 0.5) is 5.69 Å². The monoisotopic (exact) mass is 261 g/mol. The van der Waals surface area contributed by atoms with E-state index in [0.717, 1.165) is 17.8 Å². The molecule has 0 amide bonds. The van der Waals surface area contributed by atoms with Gasteiger partial charge in [0.25, 0.3) is 0 Å². The molecule has 0 heterocycles. The Morgan fingerprint density at radius 2 is 1.61 bits per heavy atom. The van der Waals surface area contributed by atoms with E-state index in [4.69, 9.17) is 11.1 Å². The molecular weight excluding hydrogens is 246 g/mol. The van der Waals surface area contributed by atoms with Gasteiger partial charge in [0, 0.05) is 17.8 Å². The Hall–Kier alpha value is -2.00. The predicted octanol–water partition coefficient (Wildman–Crippen LogP) is 3.00. The highest BCUT2D eigenvalue weighted by molar-refractivity contribution is 6.00. The third-order valence-corrected chi connectivity index (χ3v) is 2.54. The first-order valence-corrected chi connectivity index (χ1v) is 5.48. The van der Waals surface area contributed by atoms with E-state index >= 15 is 0 Å². The third kappa shape index (κ3) is 3.50. The van der Waals surface area contributed by atoms with E-state index in [1.54, 1.807) is 0 Å². The molecule has 0 spiro atoms. The summed E-state index contributed by atoms with van der Waals surface area (Å²) in [5.41, 5.74) is 8.36. The van der Waals surface area contributed by atoms with Crippen molar-refractivity contribution in [3.63, 3.8) is 0 Å². The highest BCUT2D eigenvalue weighted by atomic mass is 35.5. The van der Waals surface area contributed by atoms with Crippen molar-refractivity contribution in [1.29, 1.82) is 5.41 Å². The van der Waals surface area contributed by atoms with E-state index in [-0.39, 0.29) is 18.2 Å². The van der Waals surface area contributed by atoms with Gasteiger partial charge in [-0.25, -0.2) is 0 Å². The third-order valence-electron chi connectivity index (χ3n) is 2.54. The number of nitrogen functional groups attached to an aromatic ring is 1. The first-order valence-electron chi connectivity index (χ1n) is 5.48. The van der Waals surface area contributed by atoms with Crippen LogP contribution in [0.5, 0.6) is 0 Å². The van der Waals surface area contributed by atoms with Crippen molar-refractivity contribution >= 4 is 23.9 Å². The summed E-state index contributed by atoms with van der Waals surface area (Å²) < 4.78 is 0. The molecule has 94 valence electrons. The molecule has 4 heteroatoms. The van der Waals surface area contributed by atoms with Crippen molar-refractivity contribution in [2.45, 2.75) is 6.54 Å². The van der Waals surface area contributed by atoms with E-state index in [2.05, 4.69) is 17.4 Å². The number of amidine groups is 1. The summed E-state index contributed by atoms with van der Waals surface area (Å²) in [6, 6.07) is 17.7. The Bertz CT molecular complexity index is 511. The minimum atomic E-state index is 0. The van der Waals surface area contributed by atoms with Gasteiger partial charge < -0.3 is 11.1 Å². The molecule has 0 saturated heterocycles. The standard InChI is InChI=1S/C14H15N3.ClH/c15-14(16)12-8-4-5-9-13(12)17-10-11-6-2-1-3-7-11;/h1-9,17H,10H2,(H3,15,16);1H. The minimum Gasteiger partial charge on any atom is -0.384 e. The van der Waals surface area contributed by atoms with E-state index in [1.807, 2.05) is 42.5 Å². The molecule has 0 aliphatic rings. The molecule has 0 fully saturated rings. The van der Waals surface area contributed by atoms with E-state index in [1.165, 1.54) is 5.56 Å². The van der Waals surface area contributed by atoms with Gasteiger partial charge in [0.1, 0.15) is 5.84 Å². The van der Waals surface area contributed by atoms with Gasteiger partial charge in [0.2, 0.25) is 0 Å². The molecule has 0 aliphatic carbocycles. The molecule has 0 saturated carbocycles. The Morgan fingerprint density at radius 1 is 1.00 bits per heavy atom. The maximum atomic E-state index is 7.50. The van der Waals surface area contributed by atoms with Gasteiger partial charge >= 0.3 is 0 Å². The van der Waals surface area contributed by atoms with Crippen molar-refractivity contribution < 1.29 is 0 Å². The van der Waals surface area contributed by atoms with Crippen LogP contribution in [0.1, 0.15) is 11.1 Å². The Morgan fingerprint density at radius 3 is 2.28 bits per heavy atom. The van der Waals surface area contributed by atoms with Crippen LogP contribution in [0.3, 0.4) is 0 Å². The lowest BCUT2D eigenvalue weighted by molar-refractivity contribution is 1.15. The number of hydrogen-bond donors (Lipinski definition) is 3. The van der Waals surface area contributed by atoms with Crippen LogP contribution in [0.2, 0.25) is 0 Å². The lowest BCUT2D eigenvalue weighted by Gasteiger charge is -2.10. The summed E-state index contributed by atoms with van der Waals surface area (Å²) in [6.07, 6.45) is 0. The Balaban J connectivity index is 0.00000162. The van der Waals surface area contributed by atoms with Gasteiger partial charge in [-0.15, -0.1) is 12.4 Å². The van der Waals surface area contributed by atoms with Crippen LogP contribution in [-0.4, -0.2) is 5.84 Å². The molecule has 0 aliphatic heterocycles. The number of benzene rings is 2. The molecule has 2 aromatic carbocycles. The maximum Gasteiger partial charge on any atom is 0.124 e. The number of anilines is 1. The number of hydrogen-bond acceptors (Lipinski definition) is 2. The lowest BCUT2D eigenvalue weighted by atomic mass is 10.1. The van der Waals surface area contributed by atoms with Gasteiger partial charge in [-0.05, 0) is 17.7 Å². The molecule has 0 unspecified atom stereocenters. The average molecular weight is 262 g/mol. The van der Waals surface area contributed by atoms with Crippen molar-refractivity contribution in [2.24, 2.45) is 5.73 Å². The van der Waals surface area contributed by atoms with Gasteiger partial charge in [0.05, 0.1) is 0 Å². The number of halogens is 1. The topological polar surface area (TPSA) is 61.9 Å². The fourth-order valence-electron chi connectivity index (χ4n) is 1.67. The van der Waals surface area contributed by atoms with Crippen LogP contribution >= 0.6 is 12.4 Å². The zero-order chi connectivity index (χ0) is 12.1. The summed E-state index contributed by atoms with van der Waals surface area (Å²) in [6.45, 7) is 0.727. The molecule has 18 heavy (non-hydrogen) atoms. The second-order valence-corrected chi connectivity index (χ2v) is 3.80. The molecule has 0 atom stereocenters. The average Bonchev–Trinajstić information content (AvgIpc) is 2.38. The SMILES string of the molecule is Cl.N=C(N)c1ccccc1NCc1ccccc1. The van der Waals surface area contributed by atoms with Crippen molar-refractivity contribution in [3.05, 3.63) is 65.7 Å². The van der Waals surface area contributed by atoms with E-state index in [0.29, 0.717) is 0 Å². The lowest BCUT2D eigenvalue weighted by Crippen LogP contribution is -2.14. The second kappa shape index (κ2) is 6.67. The van der Waals surface area contributed by atoms with E-state index < -0.39 is 0 Å². The summed E-state index contributed by atoms with van der Waals surface area (Å²) in [5, 5.41) is 10.8. The molecule has 2 aromatic rings. The predicted molar refractivity (Wildman–Crippen MR) is 78.5 cm³/mol. The van der Waals surface area contributed by atoms with Gasteiger partial charge in [-0.3, -0.25) is 5.41 Å². The second-order valence-electron chi connectivity index (χ2n) is 3.80. The zero-order valence-corrected chi connectivity index (χ0v) is 10.7. The van der Waals surface area contributed by atoms with Crippen molar-refractivity contribution in [1.82, 2.24) is 0 Å². The molecular formula is C14H16ClN3. The fourth-order valence-corrected chi connectivity index (χ4v) is 1.67. The van der Waals surface area contributed by atoms with Crippen LogP contribution in [-0.2, 0) is 6.54 Å². The molecule has 4 N–H and O–H groups in total. The van der Waals surface area contributed by atoms with Gasteiger partial charge in [-0.2, -0.15) is 0 Å². The summed E-state index contributed by atoms with van der Waals surface area (Å²) >= 11 is 0. The summed E-state index contributed by atoms with van der Waals surface area (Å²) in [4.78, 5) is 0. The van der Waals surface area contributed by atoms with Crippen LogP contribution in [0.15, 0.2) is 54.6 Å².